The molecule has 11 heteroatoms. The van der Waals surface area contributed by atoms with E-state index in [9.17, 15) is 23.2 Å². The maximum atomic E-state index is 14.3. The van der Waals surface area contributed by atoms with Crippen LogP contribution in [0, 0.1) is 24.0 Å². The van der Waals surface area contributed by atoms with E-state index in [1.54, 1.807) is 45.0 Å². The van der Waals surface area contributed by atoms with Crippen molar-refractivity contribution in [1.82, 2.24) is 10.3 Å². The Bertz CT molecular complexity index is 2010. The zero-order valence-corrected chi connectivity index (χ0v) is 34.3. The van der Waals surface area contributed by atoms with Gasteiger partial charge in [-0.15, -0.1) is 0 Å². The highest BCUT2D eigenvalue weighted by Gasteiger charge is 2.39. The van der Waals surface area contributed by atoms with E-state index in [0.29, 0.717) is 65.5 Å². The molecule has 2 heterocycles. The molecule has 0 saturated carbocycles. The molecule has 3 aromatic carbocycles. The van der Waals surface area contributed by atoms with Gasteiger partial charge in [-0.3, -0.25) is 9.59 Å². The topological polar surface area (TPSA) is 107 Å². The lowest BCUT2D eigenvalue weighted by molar-refractivity contribution is -0.171. The van der Waals surface area contributed by atoms with Crippen LogP contribution in [-0.4, -0.2) is 60.6 Å². The number of halogens is 2. The number of esters is 1. The lowest BCUT2D eigenvalue weighted by Crippen LogP contribution is -2.40. The van der Waals surface area contributed by atoms with Gasteiger partial charge in [-0.05, 0) is 113 Å². The molecular weight excluding hydrogens is 729 g/mol. The number of ether oxygens (including phenoxy) is 3. The summed E-state index contributed by atoms with van der Waals surface area (Å²) in [5.74, 6) is -1.50. The zero-order valence-electron chi connectivity index (χ0n) is 34.3. The average molecular weight is 784 g/mol. The minimum atomic E-state index is -1.17. The molecule has 1 saturated heterocycles. The Balaban J connectivity index is 1.60. The molecule has 1 aromatic heterocycles. The third-order valence-corrected chi connectivity index (χ3v) is 9.82. The lowest BCUT2D eigenvalue weighted by atomic mass is 9.81. The van der Waals surface area contributed by atoms with Gasteiger partial charge in [0.15, 0.2) is 11.9 Å². The van der Waals surface area contributed by atoms with Gasteiger partial charge in [-0.2, -0.15) is 0 Å². The van der Waals surface area contributed by atoms with E-state index < -0.39 is 35.5 Å². The number of aryl methyl sites for hydroxylation is 1. The molecule has 1 aliphatic rings. The van der Waals surface area contributed by atoms with Crippen LogP contribution in [0.5, 0.6) is 5.75 Å². The Labute approximate surface area is 335 Å². The third-order valence-electron chi connectivity index (χ3n) is 9.82. The second kappa shape index (κ2) is 18.4. The largest absolute Gasteiger partial charge is 0.493 e. The van der Waals surface area contributed by atoms with Crippen LogP contribution in [0.2, 0.25) is 0 Å². The van der Waals surface area contributed by atoms with Crippen molar-refractivity contribution < 1.29 is 37.4 Å². The SMILES string of the molecule is Cc1nc(C(=O)NCC(=O)Cc2ccc(F)cc2)c(-c2ccc(OCCc3ccc(F)cc3)cc2)c(N2CCC(C)(C)CC2)c1C(OC(C)(C)C)C(=O)OC(C)C. The minimum Gasteiger partial charge on any atom is -0.493 e. The van der Waals surface area contributed by atoms with Crippen LogP contribution >= 0.6 is 0 Å². The van der Waals surface area contributed by atoms with Crippen LogP contribution in [0.25, 0.3) is 11.1 Å². The molecule has 1 unspecified atom stereocenters. The predicted molar refractivity (Wildman–Crippen MR) is 217 cm³/mol. The molecule has 1 fully saturated rings. The molecule has 0 spiro atoms. The van der Waals surface area contributed by atoms with Crippen molar-refractivity contribution in [2.75, 3.05) is 31.1 Å². The van der Waals surface area contributed by atoms with E-state index >= 15 is 0 Å². The molecule has 1 amide bonds. The van der Waals surface area contributed by atoms with E-state index in [2.05, 4.69) is 24.1 Å². The fourth-order valence-corrected chi connectivity index (χ4v) is 6.80. The fraction of sp³-hybridized carbons (Fsp3) is 0.435. The first-order chi connectivity index (χ1) is 26.9. The van der Waals surface area contributed by atoms with E-state index in [0.717, 1.165) is 18.4 Å². The number of carbonyl (C=O) groups excluding carboxylic acids is 3. The van der Waals surface area contributed by atoms with Gasteiger partial charge in [-0.25, -0.2) is 18.6 Å². The van der Waals surface area contributed by atoms with Gasteiger partial charge in [0.25, 0.3) is 5.91 Å². The Morgan fingerprint density at radius 2 is 1.46 bits per heavy atom. The second-order valence-electron chi connectivity index (χ2n) is 16.7. The van der Waals surface area contributed by atoms with Crippen molar-refractivity contribution in [3.8, 4) is 16.9 Å². The summed E-state index contributed by atoms with van der Waals surface area (Å²) in [6, 6.07) is 19.3. The molecule has 304 valence electrons. The Hall–Kier alpha value is -5.16. The number of piperidine rings is 1. The van der Waals surface area contributed by atoms with Crippen molar-refractivity contribution in [2.45, 2.75) is 98.9 Å². The Morgan fingerprint density at radius 3 is 2.02 bits per heavy atom. The highest BCUT2D eigenvalue weighted by atomic mass is 19.1. The summed E-state index contributed by atoms with van der Waals surface area (Å²) in [5, 5.41) is 2.79. The first kappa shape index (κ1) is 43.0. The quantitative estimate of drug-likeness (QED) is 0.119. The summed E-state index contributed by atoms with van der Waals surface area (Å²) in [4.78, 5) is 48.5. The number of hydrogen-bond donors (Lipinski definition) is 1. The Morgan fingerprint density at radius 1 is 0.877 bits per heavy atom. The van der Waals surface area contributed by atoms with Crippen molar-refractivity contribution in [1.29, 1.82) is 0 Å². The van der Waals surface area contributed by atoms with Crippen LogP contribution in [-0.2, 0) is 31.9 Å². The molecule has 1 aliphatic heterocycles. The summed E-state index contributed by atoms with van der Waals surface area (Å²) >= 11 is 0. The number of ketones is 1. The summed E-state index contributed by atoms with van der Waals surface area (Å²) in [7, 11) is 0. The predicted octanol–water partition coefficient (Wildman–Crippen LogP) is 8.93. The van der Waals surface area contributed by atoms with Crippen molar-refractivity contribution in [3.05, 3.63) is 113 Å². The zero-order chi connectivity index (χ0) is 41.5. The number of rotatable bonds is 15. The monoisotopic (exact) mass is 783 g/mol. The normalized spacial score (nSPS) is 14.6. The number of nitrogens with zero attached hydrogens (tertiary/aromatic N) is 2. The maximum absolute atomic E-state index is 14.3. The van der Waals surface area contributed by atoms with Crippen molar-refractivity contribution >= 4 is 23.3 Å². The minimum absolute atomic E-state index is 0.0139. The number of hydrogen-bond acceptors (Lipinski definition) is 8. The van der Waals surface area contributed by atoms with Gasteiger partial charge >= 0.3 is 5.97 Å². The lowest BCUT2D eigenvalue weighted by Gasteiger charge is -2.41. The number of nitrogens with one attached hydrogen (secondary N) is 1. The first-order valence-corrected chi connectivity index (χ1v) is 19.6. The average Bonchev–Trinajstić information content (AvgIpc) is 3.14. The molecular formula is C46H55F2N3O6. The fourth-order valence-electron chi connectivity index (χ4n) is 6.80. The molecule has 5 rings (SSSR count). The van der Waals surface area contributed by atoms with Gasteiger partial charge in [0.1, 0.15) is 23.1 Å². The molecule has 1 N–H and O–H groups in total. The number of anilines is 1. The summed E-state index contributed by atoms with van der Waals surface area (Å²) < 4.78 is 45.3. The third kappa shape index (κ3) is 11.9. The number of Topliss-reactive ketones (excluding diaryl/α,β-unsaturated/α-hetero) is 1. The molecule has 57 heavy (non-hydrogen) atoms. The Kier molecular flexibility index (Phi) is 13.9. The van der Waals surface area contributed by atoms with Crippen LogP contribution < -0.4 is 15.0 Å². The van der Waals surface area contributed by atoms with Gasteiger partial charge in [0, 0.05) is 42.8 Å². The molecule has 4 aromatic rings. The van der Waals surface area contributed by atoms with Crippen LogP contribution in [0.1, 0.15) is 100 Å². The highest BCUT2D eigenvalue weighted by Crippen LogP contribution is 2.45. The number of benzene rings is 3. The smallest absolute Gasteiger partial charge is 0.340 e. The van der Waals surface area contributed by atoms with E-state index in [1.807, 2.05) is 45.0 Å². The first-order valence-electron chi connectivity index (χ1n) is 19.6. The van der Waals surface area contributed by atoms with Crippen LogP contribution in [0.15, 0.2) is 72.8 Å². The standard InChI is InChI=1S/C46H55F2N3O6/c1-29(2)56-44(54)42(57-45(4,5)6)38-30(3)50-40(43(53)49-28-36(52)27-32-11-17-35(48)18-12-32)39(41(38)51-24-22-46(7,8)23-25-51)33-13-19-37(20-14-33)55-26-21-31-9-15-34(47)16-10-31/h9-20,29,42H,21-28H2,1-8H3,(H,49,53). The van der Waals surface area contributed by atoms with Gasteiger partial charge in [0.2, 0.25) is 0 Å². The number of amides is 1. The molecule has 0 radical (unpaired) electrons. The second-order valence-corrected chi connectivity index (χ2v) is 16.7. The molecule has 9 nitrogen and oxygen atoms in total. The number of carbonyl (C=O) groups is 3. The van der Waals surface area contributed by atoms with E-state index in [4.69, 9.17) is 19.2 Å². The molecule has 0 bridgehead atoms. The van der Waals surface area contributed by atoms with E-state index in [1.165, 1.54) is 24.3 Å². The van der Waals surface area contributed by atoms with Crippen LogP contribution in [0.3, 0.4) is 0 Å². The number of pyridine rings is 1. The summed E-state index contributed by atoms with van der Waals surface area (Å²) in [6.07, 6.45) is 0.716. The maximum Gasteiger partial charge on any atom is 0.340 e. The van der Waals surface area contributed by atoms with E-state index in [-0.39, 0.29) is 35.7 Å². The molecule has 1 atom stereocenters. The van der Waals surface area contributed by atoms with Gasteiger partial charge in [-0.1, -0.05) is 50.2 Å². The van der Waals surface area contributed by atoms with Gasteiger partial charge in [0.05, 0.1) is 30.5 Å². The van der Waals surface area contributed by atoms with Crippen molar-refractivity contribution in [2.24, 2.45) is 5.41 Å². The van der Waals surface area contributed by atoms with Crippen LogP contribution in [0.4, 0.5) is 14.5 Å². The number of aromatic nitrogens is 1. The molecule has 0 aliphatic carbocycles. The summed E-state index contributed by atoms with van der Waals surface area (Å²) in [5.41, 5.74) is 3.66. The van der Waals surface area contributed by atoms with Crippen molar-refractivity contribution in [3.63, 3.8) is 0 Å². The highest BCUT2D eigenvalue weighted by molar-refractivity contribution is 6.05. The van der Waals surface area contributed by atoms with Gasteiger partial charge < -0.3 is 24.4 Å². The summed E-state index contributed by atoms with van der Waals surface area (Å²) in [6.45, 7) is 16.8.